The second-order valence-electron chi connectivity index (χ2n) is 4.00. The van der Waals surface area contributed by atoms with Crippen molar-refractivity contribution in [2.24, 2.45) is 0 Å². The maximum absolute atomic E-state index is 12.2. The molecule has 1 saturated heterocycles. The molecule has 0 aromatic rings. The molecule has 0 aliphatic carbocycles. The Morgan fingerprint density at radius 1 is 1.56 bits per heavy atom. The smallest absolute Gasteiger partial charge is 0.240 e. The third-order valence-electron chi connectivity index (χ3n) is 3.02. The molecule has 0 saturated carbocycles. The van der Waals surface area contributed by atoms with Gasteiger partial charge >= 0.3 is 0 Å². The van der Waals surface area contributed by atoms with Crippen LogP contribution >= 0.6 is 11.8 Å². The van der Waals surface area contributed by atoms with Crippen LogP contribution in [0.25, 0.3) is 0 Å². The lowest BCUT2D eigenvalue weighted by molar-refractivity contribution is -0.135. The SMILES string of the molecule is CCC(CC)N(CCO)C(=O)C1CSCN1. The highest BCUT2D eigenvalue weighted by Gasteiger charge is 2.29. The minimum atomic E-state index is -0.0582. The summed E-state index contributed by atoms with van der Waals surface area (Å²) in [5, 5.41) is 12.2. The van der Waals surface area contributed by atoms with E-state index in [0.29, 0.717) is 6.54 Å². The molecule has 0 radical (unpaired) electrons. The first kappa shape index (κ1) is 13.8. The predicted molar refractivity (Wildman–Crippen MR) is 67.4 cm³/mol. The number of carbonyl (C=O) groups is 1. The number of nitrogens with one attached hydrogen (secondary N) is 1. The lowest BCUT2D eigenvalue weighted by Crippen LogP contribution is -2.50. The van der Waals surface area contributed by atoms with E-state index in [9.17, 15) is 4.79 Å². The molecule has 0 aromatic heterocycles. The van der Waals surface area contributed by atoms with Gasteiger partial charge < -0.3 is 10.0 Å². The summed E-state index contributed by atoms with van der Waals surface area (Å²) < 4.78 is 0. The van der Waals surface area contributed by atoms with E-state index >= 15 is 0 Å². The van der Waals surface area contributed by atoms with Crippen LogP contribution in [0, 0.1) is 0 Å². The molecule has 0 bridgehead atoms. The maximum Gasteiger partial charge on any atom is 0.240 e. The summed E-state index contributed by atoms with van der Waals surface area (Å²) in [4.78, 5) is 14.1. The number of carbonyl (C=O) groups excluding carboxylic acids is 1. The first-order valence-corrected chi connectivity index (χ1v) is 7.12. The van der Waals surface area contributed by atoms with Crippen molar-refractivity contribution in [2.75, 3.05) is 24.8 Å². The quantitative estimate of drug-likeness (QED) is 0.723. The second kappa shape index (κ2) is 7.14. The Kier molecular flexibility index (Phi) is 6.16. The summed E-state index contributed by atoms with van der Waals surface area (Å²) in [5.74, 6) is 1.85. The number of thioether (sulfide) groups is 1. The number of amides is 1. The summed E-state index contributed by atoms with van der Waals surface area (Å²) in [6, 6.07) is 0.198. The zero-order valence-corrected chi connectivity index (χ0v) is 10.9. The minimum Gasteiger partial charge on any atom is -0.395 e. The van der Waals surface area contributed by atoms with Crippen LogP contribution in [0.3, 0.4) is 0 Å². The molecule has 1 atom stereocenters. The van der Waals surface area contributed by atoms with E-state index in [2.05, 4.69) is 19.2 Å². The molecule has 4 nitrogen and oxygen atoms in total. The number of nitrogens with zero attached hydrogens (tertiary/aromatic N) is 1. The molecule has 1 heterocycles. The van der Waals surface area contributed by atoms with Crippen molar-refractivity contribution in [1.29, 1.82) is 0 Å². The summed E-state index contributed by atoms with van der Waals surface area (Å²) in [5.41, 5.74) is 0. The molecule has 0 spiro atoms. The fraction of sp³-hybridized carbons (Fsp3) is 0.909. The number of aliphatic hydroxyl groups is 1. The highest BCUT2D eigenvalue weighted by Crippen LogP contribution is 2.15. The third kappa shape index (κ3) is 3.37. The number of aliphatic hydroxyl groups excluding tert-OH is 1. The van der Waals surface area contributed by atoms with Gasteiger partial charge in [-0.1, -0.05) is 13.8 Å². The molecule has 1 unspecified atom stereocenters. The van der Waals surface area contributed by atoms with Gasteiger partial charge in [0, 0.05) is 24.2 Å². The Bertz CT molecular complexity index is 216. The number of hydrogen-bond donors (Lipinski definition) is 2. The average molecular weight is 246 g/mol. The van der Waals surface area contributed by atoms with Crippen LogP contribution in [-0.4, -0.2) is 52.8 Å². The molecular weight excluding hydrogens is 224 g/mol. The molecule has 1 fully saturated rings. The molecule has 1 rings (SSSR count). The van der Waals surface area contributed by atoms with Gasteiger partial charge in [-0.2, -0.15) is 0 Å². The normalized spacial score (nSPS) is 20.4. The summed E-state index contributed by atoms with van der Waals surface area (Å²) in [6.07, 6.45) is 1.89. The van der Waals surface area contributed by atoms with Crippen molar-refractivity contribution in [2.45, 2.75) is 38.8 Å². The standard InChI is InChI=1S/C11H22N2O2S/c1-3-9(4-2)13(5-6-14)11(15)10-7-16-8-12-10/h9-10,12,14H,3-8H2,1-2H3. The second-order valence-corrected chi connectivity index (χ2v) is 5.03. The van der Waals surface area contributed by atoms with E-state index in [4.69, 9.17) is 5.11 Å². The Labute approximate surface area is 102 Å². The largest absolute Gasteiger partial charge is 0.395 e. The maximum atomic E-state index is 12.2. The van der Waals surface area contributed by atoms with Gasteiger partial charge in [0.25, 0.3) is 0 Å². The molecule has 16 heavy (non-hydrogen) atoms. The van der Waals surface area contributed by atoms with Gasteiger partial charge in [-0.25, -0.2) is 0 Å². The molecule has 5 heteroatoms. The van der Waals surface area contributed by atoms with Gasteiger partial charge in [0.05, 0.1) is 12.6 Å². The highest BCUT2D eigenvalue weighted by atomic mass is 32.2. The van der Waals surface area contributed by atoms with Gasteiger partial charge in [0.15, 0.2) is 0 Å². The lowest BCUT2D eigenvalue weighted by atomic mass is 10.1. The van der Waals surface area contributed by atoms with Crippen LogP contribution in [0.2, 0.25) is 0 Å². The fourth-order valence-corrected chi connectivity index (χ4v) is 3.00. The predicted octanol–water partition coefficient (Wildman–Crippen LogP) is 0.658. The van der Waals surface area contributed by atoms with Crippen molar-refractivity contribution in [1.82, 2.24) is 10.2 Å². The number of hydrogen-bond acceptors (Lipinski definition) is 4. The Morgan fingerprint density at radius 3 is 2.69 bits per heavy atom. The van der Waals surface area contributed by atoms with Gasteiger partial charge in [0.1, 0.15) is 0 Å². The highest BCUT2D eigenvalue weighted by molar-refractivity contribution is 7.99. The molecule has 0 aromatic carbocycles. The van der Waals surface area contributed by atoms with Crippen LogP contribution in [0.5, 0.6) is 0 Å². The van der Waals surface area contributed by atoms with Crippen molar-refractivity contribution in [3.63, 3.8) is 0 Å². The van der Waals surface area contributed by atoms with Crippen LogP contribution < -0.4 is 5.32 Å². The Hall–Kier alpha value is -0.260. The summed E-state index contributed by atoms with van der Waals surface area (Å²) >= 11 is 1.75. The number of rotatable bonds is 6. The van der Waals surface area contributed by atoms with Gasteiger partial charge in [-0.15, -0.1) is 11.8 Å². The summed E-state index contributed by atoms with van der Waals surface area (Å²) in [7, 11) is 0. The molecule has 1 aliphatic heterocycles. The van der Waals surface area contributed by atoms with Crippen LogP contribution in [0.4, 0.5) is 0 Å². The first-order valence-electron chi connectivity index (χ1n) is 5.97. The van der Waals surface area contributed by atoms with E-state index in [0.717, 1.165) is 24.5 Å². The average Bonchev–Trinajstić information content (AvgIpc) is 2.82. The van der Waals surface area contributed by atoms with Gasteiger partial charge in [-0.3, -0.25) is 10.1 Å². The molecular formula is C11H22N2O2S. The molecule has 2 N–H and O–H groups in total. The van der Waals surface area contributed by atoms with Crippen LogP contribution in [0.1, 0.15) is 26.7 Å². The van der Waals surface area contributed by atoms with Crippen molar-refractivity contribution < 1.29 is 9.90 Å². The zero-order chi connectivity index (χ0) is 12.0. The molecule has 1 amide bonds. The lowest BCUT2D eigenvalue weighted by Gasteiger charge is -2.32. The van der Waals surface area contributed by atoms with E-state index in [1.54, 1.807) is 11.8 Å². The Morgan fingerprint density at radius 2 is 2.25 bits per heavy atom. The molecule has 1 aliphatic rings. The van der Waals surface area contributed by atoms with E-state index in [-0.39, 0.29) is 24.6 Å². The van der Waals surface area contributed by atoms with E-state index in [1.807, 2.05) is 4.90 Å². The van der Waals surface area contributed by atoms with Gasteiger partial charge in [0.2, 0.25) is 5.91 Å². The van der Waals surface area contributed by atoms with Gasteiger partial charge in [-0.05, 0) is 12.8 Å². The topological polar surface area (TPSA) is 52.6 Å². The fourth-order valence-electron chi connectivity index (χ4n) is 2.06. The van der Waals surface area contributed by atoms with E-state index < -0.39 is 0 Å². The van der Waals surface area contributed by atoms with Crippen LogP contribution in [-0.2, 0) is 4.79 Å². The minimum absolute atomic E-state index is 0.0438. The monoisotopic (exact) mass is 246 g/mol. The van der Waals surface area contributed by atoms with Crippen molar-refractivity contribution in [3.05, 3.63) is 0 Å². The zero-order valence-electron chi connectivity index (χ0n) is 10.1. The third-order valence-corrected chi connectivity index (χ3v) is 3.96. The molecule has 94 valence electrons. The van der Waals surface area contributed by atoms with Crippen LogP contribution in [0.15, 0.2) is 0 Å². The Balaban J connectivity index is 2.63. The van der Waals surface area contributed by atoms with Crippen molar-refractivity contribution >= 4 is 17.7 Å². The van der Waals surface area contributed by atoms with Crippen molar-refractivity contribution in [3.8, 4) is 0 Å². The first-order chi connectivity index (χ1) is 7.74. The summed E-state index contributed by atoms with van der Waals surface area (Å²) in [6.45, 7) is 4.67. The van der Waals surface area contributed by atoms with E-state index in [1.165, 1.54) is 0 Å².